The summed E-state index contributed by atoms with van der Waals surface area (Å²) in [4.78, 5) is 12.4. The van der Waals surface area contributed by atoms with Crippen molar-refractivity contribution >= 4 is 28.4 Å². The van der Waals surface area contributed by atoms with E-state index in [0.29, 0.717) is 5.92 Å². The predicted octanol–water partition coefficient (Wildman–Crippen LogP) is 4.72. The molecule has 0 fully saturated rings. The van der Waals surface area contributed by atoms with Gasteiger partial charge in [0.05, 0.1) is 0 Å². The van der Waals surface area contributed by atoms with Crippen LogP contribution in [0.4, 0.5) is 0 Å². The Hall–Kier alpha value is -1.16. The molecule has 0 amide bonds. The topological polar surface area (TPSA) is 17.1 Å². The van der Waals surface area contributed by atoms with E-state index in [1.165, 1.54) is 5.56 Å². The summed E-state index contributed by atoms with van der Waals surface area (Å²) in [6.45, 7) is 4.40. The zero-order valence-corrected chi connectivity index (χ0v) is 13.3. The monoisotopic (exact) mass is 364 g/mol. The normalized spacial score (nSPS) is 10.7. The summed E-state index contributed by atoms with van der Waals surface area (Å²) in [5, 5.41) is 0. The van der Waals surface area contributed by atoms with Crippen LogP contribution in [0.5, 0.6) is 0 Å². The van der Waals surface area contributed by atoms with Gasteiger partial charge in [-0.25, -0.2) is 0 Å². The van der Waals surface area contributed by atoms with Gasteiger partial charge in [0.1, 0.15) is 0 Å². The Labute approximate surface area is 128 Å². The first-order valence-electron chi connectivity index (χ1n) is 6.46. The van der Waals surface area contributed by atoms with Gasteiger partial charge in [-0.3, -0.25) is 4.79 Å². The fraction of sp³-hybridized carbons (Fsp3) is 0.235. The van der Waals surface area contributed by atoms with Gasteiger partial charge in [0, 0.05) is 14.7 Å². The Morgan fingerprint density at radius 2 is 1.68 bits per heavy atom. The molecule has 19 heavy (non-hydrogen) atoms. The van der Waals surface area contributed by atoms with Gasteiger partial charge < -0.3 is 0 Å². The molecule has 0 aromatic heterocycles. The van der Waals surface area contributed by atoms with Gasteiger partial charge >= 0.3 is 0 Å². The minimum Gasteiger partial charge on any atom is -0.289 e. The number of ketones is 1. The van der Waals surface area contributed by atoms with E-state index < -0.39 is 0 Å². The molecule has 2 rings (SSSR count). The van der Waals surface area contributed by atoms with E-state index in [1.807, 2.05) is 36.4 Å². The fourth-order valence-corrected chi connectivity index (χ4v) is 2.70. The lowest BCUT2D eigenvalue weighted by Gasteiger charge is -2.07. The number of carbonyl (C=O) groups excluding carboxylic acids is 1. The molecular weight excluding hydrogens is 347 g/mol. The molecule has 2 heteroatoms. The molecule has 0 heterocycles. The number of carbonyl (C=O) groups is 1. The molecule has 0 unspecified atom stereocenters. The van der Waals surface area contributed by atoms with Crippen LogP contribution in [0, 0.1) is 9.49 Å². The minimum atomic E-state index is 0.0982. The summed E-state index contributed by atoms with van der Waals surface area (Å²) < 4.78 is 0.997. The smallest absolute Gasteiger partial charge is 0.194 e. The maximum atomic E-state index is 12.4. The van der Waals surface area contributed by atoms with Gasteiger partial charge in [0.2, 0.25) is 0 Å². The minimum absolute atomic E-state index is 0.0982. The van der Waals surface area contributed by atoms with Crippen molar-refractivity contribution in [3.8, 4) is 0 Å². The molecule has 0 radical (unpaired) electrons. The largest absolute Gasteiger partial charge is 0.289 e. The van der Waals surface area contributed by atoms with Crippen LogP contribution in [0.15, 0.2) is 48.5 Å². The van der Waals surface area contributed by atoms with E-state index in [-0.39, 0.29) is 5.78 Å². The maximum absolute atomic E-state index is 12.4. The predicted molar refractivity (Wildman–Crippen MR) is 87.6 cm³/mol. The first kappa shape index (κ1) is 14.3. The fourth-order valence-electron chi connectivity index (χ4n) is 2.06. The van der Waals surface area contributed by atoms with Gasteiger partial charge in [0.15, 0.2) is 5.78 Å². The van der Waals surface area contributed by atoms with E-state index in [9.17, 15) is 4.79 Å². The van der Waals surface area contributed by atoms with Crippen LogP contribution in [-0.4, -0.2) is 5.78 Å². The summed E-state index contributed by atoms with van der Waals surface area (Å²) in [6, 6.07) is 15.7. The molecule has 98 valence electrons. The van der Waals surface area contributed by atoms with Crippen LogP contribution in [0.1, 0.15) is 35.3 Å². The van der Waals surface area contributed by atoms with Crippen LogP contribution < -0.4 is 0 Å². The standard InChI is InChI=1S/C17H17IO/c1-12(2)11-13-7-9-14(10-8-13)17(19)15-5-3-4-6-16(15)18/h3-10,12H,11H2,1-2H3. The van der Waals surface area contributed by atoms with Gasteiger partial charge in [-0.1, -0.05) is 50.2 Å². The van der Waals surface area contributed by atoms with Crippen LogP contribution >= 0.6 is 22.6 Å². The zero-order valence-electron chi connectivity index (χ0n) is 11.2. The molecule has 0 spiro atoms. The van der Waals surface area contributed by atoms with Crippen LogP contribution in [0.2, 0.25) is 0 Å². The van der Waals surface area contributed by atoms with Crippen molar-refractivity contribution in [1.82, 2.24) is 0 Å². The Morgan fingerprint density at radius 1 is 1.05 bits per heavy atom. The van der Waals surface area contributed by atoms with E-state index in [2.05, 4.69) is 48.6 Å². The van der Waals surface area contributed by atoms with Crippen molar-refractivity contribution < 1.29 is 4.79 Å². The molecule has 0 bridgehead atoms. The average molecular weight is 364 g/mol. The highest BCUT2D eigenvalue weighted by Gasteiger charge is 2.11. The summed E-state index contributed by atoms with van der Waals surface area (Å²) >= 11 is 2.20. The quantitative estimate of drug-likeness (QED) is 0.567. The van der Waals surface area contributed by atoms with E-state index in [0.717, 1.165) is 21.1 Å². The number of hydrogen-bond acceptors (Lipinski definition) is 1. The summed E-state index contributed by atoms with van der Waals surface area (Å²) in [6.07, 6.45) is 1.05. The van der Waals surface area contributed by atoms with E-state index >= 15 is 0 Å². The molecule has 0 aliphatic heterocycles. The Bertz CT molecular complexity index is 570. The van der Waals surface area contributed by atoms with Crippen molar-refractivity contribution in [1.29, 1.82) is 0 Å². The van der Waals surface area contributed by atoms with Crippen LogP contribution in [0.25, 0.3) is 0 Å². The molecule has 0 aliphatic carbocycles. The third-order valence-corrected chi connectivity index (χ3v) is 3.92. The lowest BCUT2D eigenvalue weighted by molar-refractivity contribution is 0.103. The highest BCUT2D eigenvalue weighted by molar-refractivity contribution is 14.1. The highest BCUT2D eigenvalue weighted by Crippen LogP contribution is 2.17. The summed E-state index contributed by atoms with van der Waals surface area (Å²) in [5.74, 6) is 0.734. The first-order valence-corrected chi connectivity index (χ1v) is 7.54. The third-order valence-electron chi connectivity index (χ3n) is 2.98. The van der Waals surface area contributed by atoms with Crippen molar-refractivity contribution in [2.45, 2.75) is 20.3 Å². The molecule has 0 saturated carbocycles. The van der Waals surface area contributed by atoms with Crippen molar-refractivity contribution in [3.05, 3.63) is 68.8 Å². The molecular formula is C17H17IO. The molecule has 0 N–H and O–H groups in total. The van der Waals surface area contributed by atoms with Gasteiger partial charge in [0.25, 0.3) is 0 Å². The Morgan fingerprint density at radius 3 is 2.26 bits per heavy atom. The molecule has 0 atom stereocenters. The van der Waals surface area contributed by atoms with E-state index in [4.69, 9.17) is 0 Å². The second-order valence-electron chi connectivity index (χ2n) is 5.10. The Balaban J connectivity index is 2.23. The zero-order chi connectivity index (χ0) is 13.8. The van der Waals surface area contributed by atoms with Crippen molar-refractivity contribution in [2.24, 2.45) is 5.92 Å². The molecule has 0 saturated heterocycles. The summed E-state index contributed by atoms with van der Waals surface area (Å²) in [7, 11) is 0. The number of rotatable bonds is 4. The molecule has 2 aromatic rings. The van der Waals surface area contributed by atoms with E-state index in [1.54, 1.807) is 0 Å². The lowest BCUT2D eigenvalue weighted by Crippen LogP contribution is -2.04. The number of halogens is 1. The number of hydrogen-bond donors (Lipinski definition) is 0. The SMILES string of the molecule is CC(C)Cc1ccc(C(=O)c2ccccc2I)cc1. The van der Waals surface area contributed by atoms with Gasteiger partial charge in [-0.2, -0.15) is 0 Å². The Kier molecular flexibility index (Phi) is 4.75. The first-order chi connectivity index (χ1) is 9.08. The van der Waals surface area contributed by atoms with Gasteiger partial charge in [-0.15, -0.1) is 0 Å². The van der Waals surface area contributed by atoms with Crippen LogP contribution in [0.3, 0.4) is 0 Å². The second kappa shape index (κ2) is 6.33. The molecule has 2 aromatic carbocycles. The van der Waals surface area contributed by atoms with Crippen molar-refractivity contribution in [2.75, 3.05) is 0 Å². The second-order valence-corrected chi connectivity index (χ2v) is 6.27. The maximum Gasteiger partial charge on any atom is 0.194 e. The third kappa shape index (κ3) is 3.66. The highest BCUT2D eigenvalue weighted by atomic mass is 127. The molecule has 0 aliphatic rings. The van der Waals surface area contributed by atoms with Crippen molar-refractivity contribution in [3.63, 3.8) is 0 Å². The van der Waals surface area contributed by atoms with Crippen LogP contribution in [-0.2, 0) is 6.42 Å². The summed E-state index contributed by atoms with van der Waals surface area (Å²) in [5.41, 5.74) is 2.82. The lowest BCUT2D eigenvalue weighted by atomic mass is 9.98. The molecule has 1 nitrogen and oxygen atoms in total. The number of benzene rings is 2. The van der Waals surface area contributed by atoms with Gasteiger partial charge in [-0.05, 0) is 52.6 Å². The average Bonchev–Trinajstić information content (AvgIpc) is 2.39.